The maximum Gasteiger partial charge on any atom is 0.296 e. The molecule has 0 spiro atoms. The smallest absolute Gasteiger partial charge is 0.285 e. The average Bonchev–Trinajstić information content (AvgIpc) is 2.45. The van der Waals surface area contributed by atoms with Crippen molar-refractivity contribution in [1.29, 1.82) is 0 Å². The first kappa shape index (κ1) is 6.22. The Labute approximate surface area is 64.4 Å². The molecule has 11 heavy (non-hydrogen) atoms. The largest absolute Gasteiger partial charge is 0.296 e. The molecule has 0 aromatic carbocycles. The number of nitrogens with zero attached hydrogens (tertiary/aromatic N) is 1. The maximum atomic E-state index is 5.70. The predicted octanol–water partition coefficient (Wildman–Crippen LogP) is 0.644. The fourth-order valence-corrected chi connectivity index (χ4v) is 1.23. The normalized spacial score (nSPS) is 10.6. The predicted molar refractivity (Wildman–Crippen MR) is 43.1 cm³/mol. The van der Waals surface area contributed by atoms with Gasteiger partial charge in [-0.3, -0.25) is 5.73 Å². The summed E-state index contributed by atoms with van der Waals surface area (Å²) >= 11 is 0. The molecule has 2 aromatic rings. The van der Waals surface area contributed by atoms with Crippen LogP contribution >= 0.6 is 0 Å². The van der Waals surface area contributed by atoms with Crippen LogP contribution in [-0.2, 0) is 0 Å². The molecule has 0 radical (unpaired) electrons. The van der Waals surface area contributed by atoms with Gasteiger partial charge in [-0.15, -0.1) is 4.52 Å². The Morgan fingerprint density at radius 3 is 2.91 bits per heavy atom. The number of pyridine rings is 1. The number of nitrogens with two attached hydrogens (primary N) is 1. The van der Waals surface area contributed by atoms with Gasteiger partial charge in [-0.05, 0) is 18.6 Å². The van der Waals surface area contributed by atoms with Gasteiger partial charge in [-0.25, -0.2) is 5.10 Å². The number of hydrogen-bond acceptors (Lipinski definition) is 1. The van der Waals surface area contributed by atoms with Gasteiger partial charge in [0.15, 0.2) is 5.52 Å². The van der Waals surface area contributed by atoms with Crippen molar-refractivity contribution in [2.45, 2.75) is 6.92 Å². The first-order valence-electron chi connectivity index (χ1n) is 3.53. The van der Waals surface area contributed by atoms with Crippen LogP contribution in [0.3, 0.4) is 0 Å². The molecule has 0 saturated carbocycles. The van der Waals surface area contributed by atoms with Crippen molar-refractivity contribution in [3.05, 3.63) is 30.0 Å². The van der Waals surface area contributed by atoms with Crippen molar-refractivity contribution in [3.8, 4) is 0 Å². The number of aromatic nitrogens is 2. The van der Waals surface area contributed by atoms with E-state index in [0.29, 0.717) is 0 Å². The van der Waals surface area contributed by atoms with Crippen LogP contribution in [0.25, 0.3) is 5.52 Å². The molecule has 2 aromatic heterocycles. The zero-order valence-corrected chi connectivity index (χ0v) is 6.33. The quantitative estimate of drug-likeness (QED) is 0.529. The van der Waals surface area contributed by atoms with Gasteiger partial charge in [0.05, 0.1) is 0 Å². The monoisotopic (exact) mass is 148 g/mol. The summed E-state index contributed by atoms with van der Waals surface area (Å²) in [6.45, 7) is 2.06. The number of anilines is 1. The number of hydrogen-bond donors (Lipinski definition) is 2. The Kier molecular flexibility index (Phi) is 1.12. The van der Waals surface area contributed by atoms with Crippen LogP contribution in [0.4, 0.5) is 5.82 Å². The first-order valence-corrected chi connectivity index (χ1v) is 3.53. The molecule has 0 aliphatic heterocycles. The lowest BCUT2D eigenvalue weighted by Crippen LogP contribution is -2.27. The van der Waals surface area contributed by atoms with E-state index in [1.54, 1.807) is 0 Å². The number of rotatable bonds is 0. The summed E-state index contributed by atoms with van der Waals surface area (Å²) in [5.74, 6) is 0.732. The van der Waals surface area contributed by atoms with E-state index in [4.69, 9.17) is 5.73 Å². The van der Waals surface area contributed by atoms with Crippen LogP contribution in [0.15, 0.2) is 24.4 Å². The highest BCUT2D eigenvalue weighted by Gasteiger charge is 2.05. The molecule has 0 atom stereocenters. The summed E-state index contributed by atoms with van der Waals surface area (Å²) in [5.41, 5.74) is 8.05. The summed E-state index contributed by atoms with van der Waals surface area (Å²) in [7, 11) is 0. The zero-order valence-electron chi connectivity index (χ0n) is 6.33. The van der Waals surface area contributed by atoms with E-state index in [1.165, 1.54) is 5.56 Å². The Morgan fingerprint density at radius 2 is 2.18 bits per heavy atom. The van der Waals surface area contributed by atoms with Crippen molar-refractivity contribution in [2.75, 3.05) is 5.73 Å². The number of fused-ring (bicyclic) bond motifs is 1. The van der Waals surface area contributed by atoms with Crippen LogP contribution in [0.2, 0.25) is 0 Å². The molecule has 2 rings (SSSR count). The molecule has 0 aliphatic rings. The van der Waals surface area contributed by atoms with Gasteiger partial charge in [0.2, 0.25) is 0 Å². The van der Waals surface area contributed by atoms with Gasteiger partial charge in [-0.1, -0.05) is 0 Å². The van der Waals surface area contributed by atoms with E-state index in [2.05, 4.69) is 12.0 Å². The third-order valence-electron chi connectivity index (χ3n) is 1.85. The number of aromatic amines is 1. The number of nitrogens with one attached hydrogen (secondary N) is 1. The molecule has 0 fully saturated rings. The summed E-state index contributed by atoms with van der Waals surface area (Å²) in [6.07, 6.45) is 1.87. The SMILES string of the molecule is Cc1ccc(N)[n+]2[nH]ccc12. The molecular formula is C8H10N3+. The van der Waals surface area contributed by atoms with Crippen LogP contribution in [0.1, 0.15) is 5.56 Å². The standard InChI is InChI=1S/C8H9N3/c1-6-2-3-8(9)11-7(6)4-5-10-11/h2-5H,1H3,(H2,9,10)/p+1. The third kappa shape index (κ3) is 0.774. The first-order chi connectivity index (χ1) is 5.29. The van der Waals surface area contributed by atoms with Gasteiger partial charge >= 0.3 is 0 Å². The van der Waals surface area contributed by atoms with Crippen LogP contribution in [0.5, 0.6) is 0 Å². The Hall–Kier alpha value is -1.51. The highest BCUT2D eigenvalue weighted by Crippen LogP contribution is 2.05. The van der Waals surface area contributed by atoms with E-state index in [-0.39, 0.29) is 0 Å². The molecule has 0 aliphatic carbocycles. The number of H-pyrrole nitrogens is 1. The van der Waals surface area contributed by atoms with Gasteiger partial charge < -0.3 is 0 Å². The van der Waals surface area contributed by atoms with Gasteiger partial charge in [0.1, 0.15) is 0 Å². The Morgan fingerprint density at radius 1 is 1.36 bits per heavy atom. The van der Waals surface area contributed by atoms with Gasteiger partial charge in [-0.2, -0.15) is 0 Å². The van der Waals surface area contributed by atoms with Crippen LogP contribution in [-0.4, -0.2) is 5.10 Å². The van der Waals surface area contributed by atoms with Gasteiger partial charge in [0.25, 0.3) is 5.82 Å². The summed E-state index contributed by atoms with van der Waals surface area (Å²) < 4.78 is 1.86. The summed E-state index contributed by atoms with van der Waals surface area (Å²) in [5, 5.41) is 3.02. The lowest BCUT2D eigenvalue weighted by Gasteiger charge is -1.93. The van der Waals surface area contributed by atoms with E-state index in [0.717, 1.165) is 11.3 Å². The second-order valence-corrected chi connectivity index (χ2v) is 2.62. The van der Waals surface area contributed by atoms with E-state index in [9.17, 15) is 0 Å². The molecule has 0 amide bonds. The van der Waals surface area contributed by atoms with Crippen LogP contribution in [0, 0.1) is 6.92 Å². The molecular weight excluding hydrogens is 138 g/mol. The second-order valence-electron chi connectivity index (χ2n) is 2.62. The molecule has 3 heteroatoms. The highest BCUT2D eigenvalue weighted by molar-refractivity contribution is 5.48. The van der Waals surface area contributed by atoms with E-state index in [1.807, 2.05) is 28.9 Å². The number of aryl methyl sites for hydroxylation is 1. The summed E-state index contributed by atoms with van der Waals surface area (Å²) in [4.78, 5) is 0. The molecule has 3 nitrogen and oxygen atoms in total. The van der Waals surface area contributed by atoms with Gasteiger partial charge in [0, 0.05) is 18.3 Å². The zero-order chi connectivity index (χ0) is 7.84. The molecule has 2 heterocycles. The minimum atomic E-state index is 0.732. The fourth-order valence-electron chi connectivity index (χ4n) is 1.23. The summed E-state index contributed by atoms with van der Waals surface area (Å²) in [6, 6.07) is 5.91. The van der Waals surface area contributed by atoms with E-state index < -0.39 is 0 Å². The lowest BCUT2D eigenvalue weighted by molar-refractivity contribution is -0.561. The maximum absolute atomic E-state index is 5.70. The Balaban J connectivity index is 2.96. The molecule has 0 bridgehead atoms. The minimum absolute atomic E-state index is 0.732. The average molecular weight is 148 g/mol. The van der Waals surface area contributed by atoms with E-state index >= 15 is 0 Å². The van der Waals surface area contributed by atoms with Crippen molar-refractivity contribution in [3.63, 3.8) is 0 Å². The van der Waals surface area contributed by atoms with Crippen molar-refractivity contribution in [1.82, 2.24) is 5.10 Å². The lowest BCUT2D eigenvalue weighted by atomic mass is 10.2. The Bertz CT molecular complexity index is 353. The van der Waals surface area contributed by atoms with Crippen LogP contribution < -0.4 is 10.2 Å². The topological polar surface area (TPSA) is 45.9 Å². The van der Waals surface area contributed by atoms with Crippen molar-refractivity contribution in [2.24, 2.45) is 0 Å². The third-order valence-corrected chi connectivity index (χ3v) is 1.85. The number of nitrogen functional groups attached to an aromatic ring is 1. The highest BCUT2D eigenvalue weighted by atomic mass is 15.2. The second kappa shape index (κ2) is 1.99. The van der Waals surface area contributed by atoms with Crippen molar-refractivity contribution >= 4 is 11.3 Å². The molecule has 0 unspecified atom stereocenters. The molecule has 56 valence electrons. The minimum Gasteiger partial charge on any atom is -0.285 e. The molecule has 3 N–H and O–H groups in total. The fraction of sp³-hybridized carbons (Fsp3) is 0.125. The molecule has 0 saturated heterocycles. The van der Waals surface area contributed by atoms with Crippen molar-refractivity contribution < 1.29 is 4.52 Å².